The van der Waals surface area contributed by atoms with E-state index in [-0.39, 0.29) is 6.54 Å². The molecule has 0 saturated heterocycles. The van der Waals surface area contributed by atoms with Gasteiger partial charge in [-0.05, 0) is 34.7 Å². The molecule has 1 amide bonds. The van der Waals surface area contributed by atoms with Crippen LogP contribution in [0.25, 0.3) is 0 Å². The number of rotatable bonds is 4. The number of amides is 1. The first-order valence-electron chi connectivity index (χ1n) is 4.07. The third kappa shape index (κ3) is 3.64. The van der Waals surface area contributed by atoms with Gasteiger partial charge in [0.1, 0.15) is 3.93 Å². The van der Waals surface area contributed by atoms with Crippen molar-refractivity contribution in [3.8, 4) is 0 Å². The molecule has 0 aliphatic heterocycles. The number of carbonyl (C=O) groups excluding carboxylic acids is 1. The maximum Gasteiger partial charge on any atom is 0.473 e. The van der Waals surface area contributed by atoms with Crippen LogP contribution in [0.5, 0.6) is 0 Å². The van der Waals surface area contributed by atoms with E-state index in [0.717, 1.165) is 0 Å². The molecule has 0 aromatic heterocycles. The summed E-state index contributed by atoms with van der Waals surface area (Å²) in [7, 11) is 0. The number of hydroxylamine groups is 1. The van der Waals surface area contributed by atoms with Crippen LogP contribution in [0.3, 0.4) is 0 Å². The lowest BCUT2D eigenvalue weighted by atomic mass is 10.3. The van der Waals surface area contributed by atoms with Gasteiger partial charge in [0.2, 0.25) is 0 Å². The molecule has 0 saturated carbocycles. The number of hydrogen-bond acceptors (Lipinski definition) is 5. The minimum Gasteiger partial charge on any atom is -0.370 e. The Bertz CT molecular complexity index is 377. The van der Waals surface area contributed by atoms with E-state index >= 15 is 0 Å². The van der Waals surface area contributed by atoms with Gasteiger partial charge in [0.25, 0.3) is 5.91 Å². The Morgan fingerprint density at radius 1 is 1.50 bits per heavy atom. The summed E-state index contributed by atoms with van der Waals surface area (Å²) in [6.07, 6.45) is 0. The van der Waals surface area contributed by atoms with Crippen LogP contribution in [0.15, 0.2) is 24.3 Å². The van der Waals surface area contributed by atoms with Crippen molar-refractivity contribution in [1.29, 1.82) is 0 Å². The number of anilines is 1. The van der Waals surface area contributed by atoms with E-state index in [4.69, 9.17) is 5.73 Å². The predicted octanol–water partition coefficient (Wildman–Crippen LogP) is -1.40. The van der Waals surface area contributed by atoms with E-state index in [9.17, 15) is 13.2 Å². The highest BCUT2D eigenvalue weighted by Crippen LogP contribution is 2.22. The van der Waals surface area contributed by atoms with Crippen molar-refractivity contribution in [2.75, 3.05) is 11.6 Å². The Morgan fingerprint density at radius 2 is 2.12 bits per heavy atom. The summed E-state index contributed by atoms with van der Waals surface area (Å²) in [4.78, 5) is 11.4. The summed E-state index contributed by atoms with van der Waals surface area (Å²) in [6, 6.07) is 6.72. The SMILES string of the molecule is NCC(=O)N(O[Br+2]([O-])[O-])c1ccccc1I. The van der Waals surface area contributed by atoms with Gasteiger partial charge in [0, 0.05) is 3.57 Å². The second kappa shape index (κ2) is 6.47. The number of nitrogens with two attached hydrogens (primary N) is 1. The van der Waals surface area contributed by atoms with Gasteiger partial charge >= 0.3 is 14.8 Å². The fourth-order valence-corrected chi connectivity index (χ4v) is 2.13. The first-order chi connectivity index (χ1) is 7.56. The van der Waals surface area contributed by atoms with Crippen LogP contribution < -0.4 is 19.2 Å². The molecule has 2 N–H and O–H groups in total. The van der Waals surface area contributed by atoms with Crippen LogP contribution in [0.2, 0.25) is 0 Å². The fourth-order valence-electron chi connectivity index (χ4n) is 0.966. The van der Waals surface area contributed by atoms with Crippen LogP contribution in [0.4, 0.5) is 5.69 Å². The molecule has 1 aromatic rings. The van der Waals surface area contributed by atoms with Crippen molar-refractivity contribution in [3.63, 3.8) is 0 Å². The zero-order chi connectivity index (χ0) is 12.1. The van der Waals surface area contributed by atoms with E-state index in [2.05, 4.69) is 3.93 Å². The van der Waals surface area contributed by atoms with Gasteiger partial charge in [-0.1, -0.05) is 17.2 Å². The zero-order valence-electron chi connectivity index (χ0n) is 7.93. The van der Waals surface area contributed by atoms with Crippen molar-refractivity contribution < 1.29 is 31.9 Å². The van der Waals surface area contributed by atoms with Crippen LogP contribution in [0.1, 0.15) is 0 Å². The van der Waals surface area contributed by atoms with Crippen molar-refractivity contribution >= 4 is 34.2 Å². The standard InChI is InChI=1S/C8H8BrIN2O4/c10-6-3-1-2-4-7(6)12(8(13)5-11)16-9(14)15/h1-4H,5,11H2. The van der Waals surface area contributed by atoms with Gasteiger partial charge in [-0.25, -0.2) is 0 Å². The summed E-state index contributed by atoms with van der Waals surface area (Å²) in [5.41, 5.74) is 5.52. The number of hydrogen-bond donors (Lipinski definition) is 1. The van der Waals surface area contributed by atoms with Crippen molar-refractivity contribution in [1.82, 2.24) is 0 Å². The summed E-state index contributed by atoms with van der Waals surface area (Å²) >= 11 is -1.56. The Labute approximate surface area is 111 Å². The van der Waals surface area contributed by atoms with E-state index in [1.165, 1.54) is 0 Å². The normalized spacial score (nSPS) is 10.6. The highest BCUT2D eigenvalue weighted by atomic mass is 127. The van der Waals surface area contributed by atoms with E-state index in [1.54, 1.807) is 24.3 Å². The molecular weight excluding hydrogens is 395 g/mol. The van der Waals surface area contributed by atoms with Gasteiger partial charge in [0.15, 0.2) is 0 Å². The minimum atomic E-state index is -3.53. The van der Waals surface area contributed by atoms with Gasteiger partial charge < -0.3 is 14.1 Å². The predicted molar refractivity (Wildman–Crippen MR) is 56.8 cm³/mol. The molecule has 6 nitrogen and oxygen atoms in total. The lowest BCUT2D eigenvalue weighted by Gasteiger charge is -2.14. The van der Waals surface area contributed by atoms with E-state index < -0.39 is 20.7 Å². The van der Waals surface area contributed by atoms with Crippen LogP contribution in [-0.4, -0.2) is 12.5 Å². The topological polar surface area (TPSA) is 102 Å². The number of nitrogens with zero attached hydrogens (tertiary/aromatic N) is 1. The molecule has 0 fully saturated rings. The smallest absolute Gasteiger partial charge is 0.370 e. The average molecular weight is 403 g/mol. The largest absolute Gasteiger partial charge is 0.473 e. The Kier molecular flexibility index (Phi) is 5.58. The first kappa shape index (κ1) is 13.8. The molecular formula is C8H8BrIN2O4. The summed E-state index contributed by atoms with van der Waals surface area (Å²) in [5, 5.41) is 0.692. The molecule has 8 heteroatoms. The third-order valence-electron chi connectivity index (χ3n) is 1.60. The van der Waals surface area contributed by atoms with Crippen molar-refractivity contribution in [3.05, 3.63) is 27.8 Å². The fraction of sp³-hybridized carbons (Fsp3) is 0.125. The van der Waals surface area contributed by atoms with Crippen LogP contribution in [-0.2, 0) is 8.72 Å². The molecule has 0 aliphatic carbocycles. The average Bonchev–Trinajstić information content (AvgIpc) is 2.26. The van der Waals surface area contributed by atoms with Crippen LogP contribution in [0, 0.1) is 18.4 Å². The Hall–Kier alpha value is -0.260. The van der Waals surface area contributed by atoms with E-state index in [1.807, 2.05) is 22.6 Å². The first-order valence-corrected chi connectivity index (χ1v) is 7.10. The minimum absolute atomic E-state index is 0.333. The molecule has 1 aromatic carbocycles. The molecule has 0 spiro atoms. The monoisotopic (exact) mass is 402 g/mol. The molecule has 0 aliphatic rings. The second-order valence-corrected chi connectivity index (χ2v) is 4.85. The highest BCUT2D eigenvalue weighted by molar-refractivity contribution is 14.1. The molecule has 0 heterocycles. The molecule has 0 unspecified atom stereocenters. The Morgan fingerprint density at radius 3 is 2.62 bits per heavy atom. The van der Waals surface area contributed by atoms with Gasteiger partial charge in [-0.15, -0.1) is 0 Å². The molecule has 16 heavy (non-hydrogen) atoms. The molecule has 1 rings (SSSR count). The lowest BCUT2D eigenvalue weighted by molar-refractivity contribution is -1.63. The van der Waals surface area contributed by atoms with Gasteiger partial charge in [-0.2, -0.15) is 0 Å². The van der Waals surface area contributed by atoms with Crippen molar-refractivity contribution in [2.24, 2.45) is 5.73 Å². The summed E-state index contributed by atoms with van der Waals surface area (Å²) in [5.74, 6) is -0.626. The molecule has 0 radical (unpaired) electrons. The van der Waals surface area contributed by atoms with Gasteiger partial charge in [-0.3, -0.25) is 4.79 Å². The molecule has 88 valence electrons. The number of benzene rings is 1. The van der Waals surface area contributed by atoms with Crippen LogP contribution >= 0.6 is 22.6 Å². The number of halogens is 2. The zero-order valence-corrected chi connectivity index (χ0v) is 11.7. The quantitative estimate of drug-likeness (QED) is 0.493. The Balaban J connectivity index is 3.01. The summed E-state index contributed by atoms with van der Waals surface area (Å²) < 4.78 is 26.2. The summed E-state index contributed by atoms with van der Waals surface area (Å²) in [6.45, 7) is -0.333. The maximum absolute atomic E-state index is 11.4. The number of para-hydroxylation sites is 1. The van der Waals surface area contributed by atoms with Gasteiger partial charge in [0.05, 0.1) is 12.2 Å². The molecule has 0 atom stereocenters. The third-order valence-corrected chi connectivity index (χ3v) is 3.04. The van der Waals surface area contributed by atoms with E-state index in [0.29, 0.717) is 14.3 Å². The molecule has 0 bridgehead atoms. The maximum atomic E-state index is 11.4. The lowest BCUT2D eigenvalue weighted by Crippen LogP contribution is -2.45. The second-order valence-electron chi connectivity index (χ2n) is 2.60. The highest BCUT2D eigenvalue weighted by Gasteiger charge is 2.28. The van der Waals surface area contributed by atoms with Crippen molar-refractivity contribution in [2.45, 2.75) is 0 Å². The number of carbonyl (C=O) groups is 1.